The van der Waals surface area contributed by atoms with Crippen LogP contribution in [-0.4, -0.2) is 49.6 Å². The summed E-state index contributed by atoms with van der Waals surface area (Å²) in [7, 11) is 0. The summed E-state index contributed by atoms with van der Waals surface area (Å²) in [6, 6.07) is 15.8. The fourth-order valence-electron chi connectivity index (χ4n) is 3.24. The maximum absolute atomic E-state index is 13.0. The van der Waals surface area contributed by atoms with Gasteiger partial charge in [0, 0.05) is 36.6 Å². The Kier molecular flexibility index (Phi) is 5.25. The van der Waals surface area contributed by atoms with Crippen LogP contribution in [0, 0.1) is 5.82 Å². The van der Waals surface area contributed by atoms with Crippen molar-refractivity contribution in [2.75, 3.05) is 37.7 Å². The minimum atomic E-state index is -0.473. The number of hydrogen-bond donors (Lipinski definition) is 0. The average Bonchev–Trinajstić information content (AvgIpc) is 3.17. The van der Waals surface area contributed by atoms with Gasteiger partial charge in [0.15, 0.2) is 6.61 Å². The van der Waals surface area contributed by atoms with E-state index in [4.69, 9.17) is 4.74 Å². The van der Waals surface area contributed by atoms with E-state index in [9.17, 15) is 14.0 Å². The number of fused-ring (bicyclic) bond motifs is 1. The lowest BCUT2D eigenvalue weighted by Gasteiger charge is -2.36. The van der Waals surface area contributed by atoms with Crippen molar-refractivity contribution >= 4 is 39.0 Å². The fourth-order valence-corrected chi connectivity index (χ4v) is 4.19. The van der Waals surface area contributed by atoms with Crippen molar-refractivity contribution < 1.29 is 18.7 Å². The van der Waals surface area contributed by atoms with Gasteiger partial charge in [-0.1, -0.05) is 18.2 Å². The van der Waals surface area contributed by atoms with Crippen LogP contribution >= 0.6 is 11.3 Å². The zero-order valence-electron chi connectivity index (χ0n) is 15.1. The molecule has 0 atom stereocenters. The molecule has 1 amide bonds. The number of hydrogen-bond acceptors (Lipinski definition) is 5. The Morgan fingerprint density at radius 3 is 2.43 bits per heavy atom. The number of piperazine rings is 1. The monoisotopic (exact) mass is 398 g/mol. The van der Waals surface area contributed by atoms with Crippen molar-refractivity contribution in [1.82, 2.24) is 4.90 Å². The largest absolute Gasteiger partial charge is 0.451 e. The first-order valence-corrected chi connectivity index (χ1v) is 9.86. The number of anilines is 1. The van der Waals surface area contributed by atoms with Crippen molar-refractivity contribution in [1.29, 1.82) is 0 Å². The van der Waals surface area contributed by atoms with Crippen LogP contribution < -0.4 is 4.90 Å². The van der Waals surface area contributed by atoms with Crippen LogP contribution in [-0.2, 0) is 9.53 Å². The third-order valence-corrected chi connectivity index (χ3v) is 5.87. The van der Waals surface area contributed by atoms with Gasteiger partial charge in [-0.05, 0) is 41.8 Å². The van der Waals surface area contributed by atoms with E-state index in [2.05, 4.69) is 4.90 Å². The minimum absolute atomic E-state index is 0.201. The molecule has 5 nitrogen and oxygen atoms in total. The summed E-state index contributed by atoms with van der Waals surface area (Å²) < 4.78 is 19.3. The zero-order chi connectivity index (χ0) is 19.5. The van der Waals surface area contributed by atoms with E-state index in [1.54, 1.807) is 23.1 Å². The molecule has 1 aromatic heterocycles. The molecule has 1 fully saturated rings. The Bertz CT molecular complexity index is 961. The zero-order valence-corrected chi connectivity index (χ0v) is 16.0. The smallest absolute Gasteiger partial charge is 0.348 e. The minimum Gasteiger partial charge on any atom is -0.451 e. The molecule has 2 heterocycles. The van der Waals surface area contributed by atoms with E-state index in [1.807, 2.05) is 24.3 Å². The number of carbonyl (C=O) groups excluding carboxylic acids is 2. The molecule has 7 heteroatoms. The molecule has 0 N–H and O–H groups in total. The van der Waals surface area contributed by atoms with Crippen LogP contribution in [0.15, 0.2) is 54.6 Å². The molecule has 2 aromatic carbocycles. The second-order valence-electron chi connectivity index (χ2n) is 6.57. The van der Waals surface area contributed by atoms with Crippen molar-refractivity contribution in [3.63, 3.8) is 0 Å². The first-order chi connectivity index (χ1) is 13.6. The number of nitrogens with zero attached hydrogens (tertiary/aromatic N) is 2. The first kappa shape index (κ1) is 18.4. The number of esters is 1. The molecule has 0 radical (unpaired) electrons. The lowest BCUT2D eigenvalue weighted by atomic mass is 10.2. The molecule has 0 unspecified atom stereocenters. The maximum atomic E-state index is 13.0. The Morgan fingerprint density at radius 1 is 1.00 bits per heavy atom. The topological polar surface area (TPSA) is 49.9 Å². The number of amides is 1. The van der Waals surface area contributed by atoms with Crippen LogP contribution in [0.3, 0.4) is 0 Å². The standard InChI is InChI=1S/C21H19FN2O3S/c22-16-5-7-17(8-6-16)23-9-11-24(12-10-23)20(25)14-27-21(26)19-13-15-3-1-2-4-18(15)28-19/h1-8,13H,9-12,14H2. The van der Waals surface area contributed by atoms with Crippen molar-refractivity contribution in [2.24, 2.45) is 0 Å². The highest BCUT2D eigenvalue weighted by Gasteiger charge is 2.23. The lowest BCUT2D eigenvalue weighted by Crippen LogP contribution is -2.49. The number of halogens is 1. The van der Waals surface area contributed by atoms with Crippen LogP contribution in [0.4, 0.5) is 10.1 Å². The van der Waals surface area contributed by atoms with E-state index in [0.29, 0.717) is 31.1 Å². The second kappa shape index (κ2) is 7.98. The number of carbonyl (C=O) groups is 2. The summed E-state index contributed by atoms with van der Waals surface area (Å²) in [5.74, 6) is -0.939. The van der Waals surface area contributed by atoms with Crippen LogP contribution in [0.25, 0.3) is 10.1 Å². The molecule has 1 aliphatic rings. The molecule has 0 saturated carbocycles. The fraction of sp³-hybridized carbons (Fsp3) is 0.238. The van der Waals surface area contributed by atoms with Gasteiger partial charge in [0.25, 0.3) is 5.91 Å². The predicted molar refractivity (Wildman–Crippen MR) is 107 cm³/mol. The Balaban J connectivity index is 1.28. The van der Waals surface area contributed by atoms with E-state index in [1.165, 1.54) is 23.5 Å². The van der Waals surface area contributed by atoms with Crippen LogP contribution in [0.5, 0.6) is 0 Å². The molecule has 144 valence electrons. The summed E-state index contributed by atoms with van der Waals surface area (Å²) in [4.78, 5) is 28.9. The van der Waals surface area contributed by atoms with Crippen molar-refractivity contribution in [2.45, 2.75) is 0 Å². The molecule has 0 aliphatic carbocycles. The Labute approximate surface area is 165 Å². The quantitative estimate of drug-likeness (QED) is 0.631. The number of ether oxygens (including phenoxy) is 1. The summed E-state index contributed by atoms with van der Waals surface area (Å²) >= 11 is 1.36. The molecular formula is C21H19FN2O3S. The highest BCUT2D eigenvalue weighted by Crippen LogP contribution is 2.25. The predicted octanol–water partition coefficient (Wildman–Crippen LogP) is 3.55. The SMILES string of the molecule is O=C(OCC(=O)N1CCN(c2ccc(F)cc2)CC1)c1cc2ccccc2s1. The molecule has 0 spiro atoms. The Morgan fingerprint density at radius 2 is 1.71 bits per heavy atom. The molecule has 28 heavy (non-hydrogen) atoms. The normalized spacial score (nSPS) is 14.3. The summed E-state index contributed by atoms with van der Waals surface area (Å²) in [5.41, 5.74) is 0.935. The van der Waals surface area contributed by atoms with E-state index >= 15 is 0 Å². The van der Waals surface area contributed by atoms with Crippen LogP contribution in [0.2, 0.25) is 0 Å². The number of thiophene rings is 1. The van der Waals surface area contributed by atoms with E-state index < -0.39 is 5.97 Å². The first-order valence-electron chi connectivity index (χ1n) is 9.04. The molecule has 4 rings (SSSR count). The van der Waals surface area contributed by atoms with Gasteiger partial charge >= 0.3 is 5.97 Å². The van der Waals surface area contributed by atoms with E-state index in [-0.39, 0.29) is 18.3 Å². The van der Waals surface area contributed by atoms with Gasteiger partial charge in [-0.15, -0.1) is 11.3 Å². The van der Waals surface area contributed by atoms with Gasteiger partial charge in [0.1, 0.15) is 10.7 Å². The lowest BCUT2D eigenvalue weighted by molar-refractivity contribution is -0.134. The molecule has 0 bridgehead atoms. The molecular weight excluding hydrogens is 379 g/mol. The van der Waals surface area contributed by atoms with Gasteiger partial charge < -0.3 is 14.5 Å². The third kappa shape index (κ3) is 3.99. The molecule has 3 aromatic rings. The highest BCUT2D eigenvalue weighted by molar-refractivity contribution is 7.20. The van der Waals surface area contributed by atoms with Gasteiger partial charge in [0.05, 0.1) is 0 Å². The highest BCUT2D eigenvalue weighted by atomic mass is 32.1. The average molecular weight is 398 g/mol. The second-order valence-corrected chi connectivity index (χ2v) is 7.65. The summed E-state index contributed by atoms with van der Waals surface area (Å²) in [5, 5.41) is 0.989. The van der Waals surface area contributed by atoms with E-state index in [0.717, 1.165) is 15.8 Å². The van der Waals surface area contributed by atoms with Gasteiger partial charge in [-0.25, -0.2) is 9.18 Å². The van der Waals surface area contributed by atoms with Crippen LogP contribution in [0.1, 0.15) is 9.67 Å². The maximum Gasteiger partial charge on any atom is 0.348 e. The van der Waals surface area contributed by atoms with Gasteiger partial charge in [-0.2, -0.15) is 0 Å². The van der Waals surface area contributed by atoms with Gasteiger partial charge in [0.2, 0.25) is 0 Å². The molecule has 1 saturated heterocycles. The molecule has 1 aliphatic heterocycles. The van der Waals surface area contributed by atoms with Crippen molar-refractivity contribution in [3.8, 4) is 0 Å². The van der Waals surface area contributed by atoms with Gasteiger partial charge in [-0.3, -0.25) is 4.79 Å². The third-order valence-electron chi connectivity index (χ3n) is 4.78. The Hall–Kier alpha value is -2.93. The number of benzene rings is 2. The van der Waals surface area contributed by atoms with Crippen molar-refractivity contribution in [3.05, 3.63) is 65.3 Å². The summed E-state index contributed by atoms with van der Waals surface area (Å²) in [6.07, 6.45) is 0. The number of rotatable bonds is 4. The summed E-state index contributed by atoms with van der Waals surface area (Å²) in [6.45, 7) is 2.13.